The fourth-order valence-electron chi connectivity index (χ4n) is 1.67. The van der Waals surface area contributed by atoms with Crippen molar-refractivity contribution in [2.75, 3.05) is 40.4 Å². The number of likely N-dealkylation sites (N-methyl/N-ethyl adjacent to an activating group) is 1. The molecule has 0 N–H and O–H groups in total. The molecule has 21 heavy (non-hydrogen) atoms. The van der Waals surface area contributed by atoms with E-state index in [1.807, 2.05) is 44.4 Å². The summed E-state index contributed by atoms with van der Waals surface area (Å²) in [6.45, 7) is 5.54. The summed E-state index contributed by atoms with van der Waals surface area (Å²) in [4.78, 5) is 12.1. The van der Waals surface area contributed by atoms with Gasteiger partial charge in [-0.05, 0) is 5.92 Å². The summed E-state index contributed by atoms with van der Waals surface area (Å²) < 4.78 is 5.73. The molecule has 1 aromatic rings. The number of carbonyl (C=O) groups excluding carboxylic acids is 1. The van der Waals surface area contributed by atoms with Crippen molar-refractivity contribution < 1.29 is 31.0 Å². The fraction of sp³-hybridized carbons (Fsp3) is 0.353. The maximum Gasteiger partial charge on any atom is 0.216 e. The number of rotatable bonds is 7. The highest BCUT2D eigenvalue weighted by molar-refractivity contribution is 5.96. The largest absolute Gasteiger partial charge is 1.00 e. The molecule has 4 heteroatoms. The van der Waals surface area contributed by atoms with Gasteiger partial charge in [0, 0.05) is 5.56 Å². The molecule has 0 aromatic heterocycles. The minimum atomic E-state index is 0. The molecular weight excluding hydrogens is 330 g/mol. The molecule has 0 heterocycles. The van der Waals surface area contributed by atoms with Gasteiger partial charge < -0.3 is 26.2 Å². The molecule has 0 saturated heterocycles. The van der Waals surface area contributed by atoms with E-state index in [0.29, 0.717) is 30.8 Å². The smallest absolute Gasteiger partial charge is 0.216 e. The van der Waals surface area contributed by atoms with Crippen LogP contribution in [0.4, 0.5) is 0 Å². The first-order valence-electron chi connectivity index (χ1n) is 6.60. The van der Waals surface area contributed by atoms with Crippen LogP contribution in [-0.2, 0) is 4.74 Å². The SMILES string of the molecule is C=CCOCC#CC[N+](C)(C)CC(=O)c1ccccc1.[Br-]. The Labute approximate surface area is 138 Å². The molecule has 0 spiro atoms. The summed E-state index contributed by atoms with van der Waals surface area (Å²) in [6, 6.07) is 9.35. The van der Waals surface area contributed by atoms with Gasteiger partial charge in [-0.15, -0.1) is 6.58 Å². The summed E-state index contributed by atoms with van der Waals surface area (Å²) in [5, 5.41) is 0. The Kier molecular flexibility index (Phi) is 9.64. The van der Waals surface area contributed by atoms with Crippen molar-refractivity contribution in [3.63, 3.8) is 0 Å². The molecule has 0 radical (unpaired) electrons. The first-order chi connectivity index (χ1) is 9.55. The molecule has 0 aliphatic carbocycles. The predicted molar refractivity (Wildman–Crippen MR) is 81.4 cm³/mol. The maximum atomic E-state index is 12.1. The van der Waals surface area contributed by atoms with Gasteiger partial charge >= 0.3 is 0 Å². The third-order valence-electron chi connectivity index (χ3n) is 2.71. The molecule has 0 unspecified atom stereocenters. The van der Waals surface area contributed by atoms with Crippen LogP contribution in [0.2, 0.25) is 0 Å². The summed E-state index contributed by atoms with van der Waals surface area (Å²) in [7, 11) is 4.00. The predicted octanol–water partition coefficient (Wildman–Crippen LogP) is -0.844. The molecule has 3 nitrogen and oxygen atoms in total. The van der Waals surface area contributed by atoms with Crippen LogP contribution >= 0.6 is 0 Å². The first kappa shape index (κ1) is 19.6. The number of quaternary nitrogens is 1. The lowest BCUT2D eigenvalue weighted by Gasteiger charge is -2.26. The highest BCUT2D eigenvalue weighted by Crippen LogP contribution is 2.04. The van der Waals surface area contributed by atoms with E-state index < -0.39 is 0 Å². The molecule has 114 valence electrons. The summed E-state index contributed by atoms with van der Waals surface area (Å²) >= 11 is 0. The van der Waals surface area contributed by atoms with Crippen molar-refractivity contribution in [3.05, 3.63) is 48.6 Å². The van der Waals surface area contributed by atoms with Crippen molar-refractivity contribution in [1.29, 1.82) is 0 Å². The lowest BCUT2D eigenvalue weighted by molar-refractivity contribution is -0.874. The third kappa shape index (κ3) is 8.46. The number of ketones is 1. The van der Waals surface area contributed by atoms with Crippen LogP contribution in [0.1, 0.15) is 10.4 Å². The normalized spacial score (nSPS) is 10.0. The number of ether oxygens (including phenoxy) is 1. The first-order valence-corrected chi connectivity index (χ1v) is 6.60. The molecular formula is C17H22BrNO2. The fourth-order valence-corrected chi connectivity index (χ4v) is 1.67. The molecule has 0 fully saturated rings. The number of benzene rings is 1. The Morgan fingerprint density at radius 2 is 1.95 bits per heavy atom. The van der Waals surface area contributed by atoms with E-state index in [-0.39, 0.29) is 22.8 Å². The standard InChI is InChI=1S/C17H22NO2.BrH/c1-4-13-20-14-9-8-12-18(2,3)15-17(19)16-10-6-5-7-11-16;/h4-7,10-11H,1,12-15H2,2-3H3;1H/q+1;/p-1. The molecule has 1 aromatic carbocycles. The van der Waals surface area contributed by atoms with Crippen LogP contribution in [0.5, 0.6) is 0 Å². The lowest BCUT2D eigenvalue weighted by Crippen LogP contribution is -3.00. The molecule has 0 saturated carbocycles. The van der Waals surface area contributed by atoms with E-state index in [9.17, 15) is 4.79 Å². The Morgan fingerprint density at radius 1 is 1.29 bits per heavy atom. The summed E-state index contributed by atoms with van der Waals surface area (Å²) in [6.07, 6.45) is 1.69. The average Bonchev–Trinajstić information content (AvgIpc) is 2.43. The zero-order valence-electron chi connectivity index (χ0n) is 12.6. The molecule has 1 rings (SSSR count). The van der Waals surface area contributed by atoms with Gasteiger partial charge in [0.15, 0.2) is 0 Å². The second-order valence-corrected chi connectivity index (χ2v) is 5.20. The Bertz CT molecular complexity index is 501. The van der Waals surface area contributed by atoms with E-state index in [0.717, 1.165) is 5.56 Å². The van der Waals surface area contributed by atoms with E-state index in [1.165, 1.54) is 0 Å². The van der Waals surface area contributed by atoms with Crippen molar-refractivity contribution in [2.24, 2.45) is 0 Å². The number of carbonyl (C=O) groups is 1. The minimum absolute atomic E-state index is 0. The monoisotopic (exact) mass is 351 g/mol. The highest BCUT2D eigenvalue weighted by Gasteiger charge is 2.19. The highest BCUT2D eigenvalue weighted by atomic mass is 79.9. The van der Waals surface area contributed by atoms with Crippen LogP contribution in [-0.4, -0.2) is 50.7 Å². The number of Topliss-reactive ketones (excluding diaryl/α,β-unsaturated/α-hetero) is 1. The van der Waals surface area contributed by atoms with E-state index >= 15 is 0 Å². The quantitative estimate of drug-likeness (QED) is 0.210. The van der Waals surface area contributed by atoms with Gasteiger partial charge in [0.2, 0.25) is 5.78 Å². The average molecular weight is 352 g/mol. The number of halogens is 1. The van der Waals surface area contributed by atoms with Crippen LogP contribution in [0.25, 0.3) is 0 Å². The Morgan fingerprint density at radius 3 is 2.57 bits per heavy atom. The molecule has 0 amide bonds. The molecule has 0 atom stereocenters. The van der Waals surface area contributed by atoms with Crippen LogP contribution in [0.3, 0.4) is 0 Å². The van der Waals surface area contributed by atoms with Gasteiger partial charge in [-0.2, -0.15) is 0 Å². The number of hydrogen-bond donors (Lipinski definition) is 0. The Hall–Kier alpha value is -1.41. The molecule has 0 aliphatic rings. The van der Waals surface area contributed by atoms with Crippen molar-refractivity contribution >= 4 is 5.78 Å². The van der Waals surface area contributed by atoms with Crippen molar-refractivity contribution in [1.82, 2.24) is 0 Å². The number of nitrogens with zero attached hydrogens (tertiary/aromatic N) is 1. The maximum absolute atomic E-state index is 12.1. The Balaban J connectivity index is 0.00000400. The number of hydrogen-bond acceptors (Lipinski definition) is 2. The van der Waals surface area contributed by atoms with Crippen LogP contribution in [0.15, 0.2) is 43.0 Å². The van der Waals surface area contributed by atoms with Crippen molar-refractivity contribution in [2.45, 2.75) is 0 Å². The minimum Gasteiger partial charge on any atom is -1.00 e. The summed E-state index contributed by atoms with van der Waals surface area (Å²) in [5.41, 5.74) is 0.751. The van der Waals surface area contributed by atoms with E-state index in [2.05, 4.69) is 18.4 Å². The van der Waals surface area contributed by atoms with Gasteiger partial charge in [0.1, 0.15) is 19.7 Å². The van der Waals surface area contributed by atoms with Crippen LogP contribution < -0.4 is 17.0 Å². The second kappa shape index (κ2) is 10.3. The second-order valence-electron chi connectivity index (χ2n) is 5.20. The molecule has 0 aliphatic heterocycles. The topological polar surface area (TPSA) is 26.3 Å². The lowest BCUT2D eigenvalue weighted by atomic mass is 10.1. The van der Waals surface area contributed by atoms with E-state index in [4.69, 9.17) is 4.74 Å². The van der Waals surface area contributed by atoms with Crippen molar-refractivity contribution in [3.8, 4) is 11.8 Å². The van der Waals surface area contributed by atoms with E-state index in [1.54, 1.807) is 6.08 Å². The summed E-state index contributed by atoms with van der Waals surface area (Å²) in [5.74, 6) is 6.13. The van der Waals surface area contributed by atoms with Gasteiger partial charge in [-0.3, -0.25) is 4.79 Å². The van der Waals surface area contributed by atoms with Gasteiger partial charge in [-0.1, -0.05) is 42.3 Å². The van der Waals surface area contributed by atoms with Gasteiger partial charge in [0.05, 0.1) is 20.7 Å². The third-order valence-corrected chi connectivity index (χ3v) is 2.71. The zero-order valence-corrected chi connectivity index (χ0v) is 14.2. The van der Waals surface area contributed by atoms with Crippen LogP contribution in [0, 0.1) is 11.8 Å². The van der Waals surface area contributed by atoms with Gasteiger partial charge in [-0.25, -0.2) is 0 Å². The zero-order chi connectivity index (χ0) is 14.8. The van der Waals surface area contributed by atoms with Gasteiger partial charge in [0.25, 0.3) is 0 Å². The molecule has 0 bridgehead atoms.